The molecule has 0 radical (unpaired) electrons. The minimum absolute atomic E-state index is 0.119. The van der Waals surface area contributed by atoms with Gasteiger partial charge in [0.25, 0.3) is 5.91 Å². The second-order valence-corrected chi connectivity index (χ2v) is 6.91. The summed E-state index contributed by atoms with van der Waals surface area (Å²) in [4.78, 5) is 26.2. The Morgan fingerprint density at radius 3 is 2.31 bits per heavy atom. The van der Waals surface area contributed by atoms with E-state index in [0.29, 0.717) is 10.7 Å². The molecule has 0 unspecified atom stereocenters. The zero-order chi connectivity index (χ0) is 18.8. The topological polar surface area (TPSA) is 57.6 Å². The molecule has 0 spiro atoms. The number of imide groups is 1. The lowest BCUT2D eigenvalue weighted by atomic mass is 10.1. The van der Waals surface area contributed by atoms with Crippen LogP contribution in [0.5, 0.6) is 0 Å². The highest BCUT2D eigenvalue weighted by atomic mass is 35.5. The Labute approximate surface area is 161 Å². The van der Waals surface area contributed by atoms with Gasteiger partial charge in [-0.05, 0) is 42.7 Å². The Morgan fingerprint density at radius 2 is 1.69 bits per heavy atom. The maximum atomic E-state index is 12.8. The molecule has 0 fully saturated rings. The quantitative estimate of drug-likeness (QED) is 0.716. The highest BCUT2D eigenvalue weighted by molar-refractivity contribution is 6.47. The molecule has 1 aliphatic rings. The highest BCUT2D eigenvalue weighted by Crippen LogP contribution is 2.36. The van der Waals surface area contributed by atoms with E-state index in [-0.39, 0.29) is 16.2 Å². The van der Waals surface area contributed by atoms with Gasteiger partial charge in [0.05, 0.1) is 16.3 Å². The predicted molar refractivity (Wildman–Crippen MR) is 104 cm³/mol. The van der Waals surface area contributed by atoms with Crippen molar-refractivity contribution in [1.29, 1.82) is 0 Å². The van der Waals surface area contributed by atoms with Crippen LogP contribution in [0.3, 0.4) is 0 Å². The molecule has 1 aliphatic heterocycles. The first-order valence-corrected chi connectivity index (χ1v) is 9.06. The molecule has 2 amide bonds. The van der Waals surface area contributed by atoms with Gasteiger partial charge < -0.3 is 5.11 Å². The van der Waals surface area contributed by atoms with Gasteiger partial charge in [-0.15, -0.1) is 0 Å². The second kappa shape index (κ2) is 7.52. The van der Waals surface area contributed by atoms with E-state index in [1.807, 2.05) is 12.1 Å². The Kier molecular flexibility index (Phi) is 5.35. The van der Waals surface area contributed by atoms with Crippen LogP contribution in [0.4, 0.5) is 5.69 Å². The molecule has 0 bridgehead atoms. The molecule has 134 valence electrons. The molecule has 0 atom stereocenters. The van der Waals surface area contributed by atoms with Crippen molar-refractivity contribution in [2.45, 2.75) is 26.2 Å². The van der Waals surface area contributed by atoms with E-state index in [4.69, 9.17) is 23.2 Å². The molecule has 3 rings (SSSR count). The molecule has 1 heterocycles. The number of hydrogen-bond acceptors (Lipinski definition) is 3. The number of carbonyl (C=O) groups excluding carboxylic acids is 2. The number of aliphatic hydroxyl groups is 1. The third kappa shape index (κ3) is 3.35. The van der Waals surface area contributed by atoms with Crippen molar-refractivity contribution < 1.29 is 14.7 Å². The first kappa shape index (κ1) is 18.5. The zero-order valence-corrected chi connectivity index (χ0v) is 15.6. The van der Waals surface area contributed by atoms with E-state index in [2.05, 4.69) is 6.92 Å². The predicted octanol–water partition coefficient (Wildman–Crippen LogP) is 5.18. The number of unbranched alkanes of at least 4 members (excludes halogenated alkanes) is 1. The smallest absolute Gasteiger partial charge is 0.301 e. The number of amides is 2. The number of anilines is 1. The molecule has 0 saturated heterocycles. The SMILES string of the molecule is CCCCc1ccc(N2C(=O)C(O)=C(c3ccc(Cl)cc3Cl)C2=O)cc1. The van der Waals surface area contributed by atoms with Crippen molar-refractivity contribution >= 4 is 46.3 Å². The van der Waals surface area contributed by atoms with Crippen molar-refractivity contribution in [3.63, 3.8) is 0 Å². The van der Waals surface area contributed by atoms with Gasteiger partial charge in [-0.25, -0.2) is 4.90 Å². The molecule has 2 aromatic rings. The van der Waals surface area contributed by atoms with Gasteiger partial charge in [0, 0.05) is 10.6 Å². The van der Waals surface area contributed by atoms with Gasteiger partial charge in [-0.2, -0.15) is 0 Å². The molecular weight excluding hydrogens is 373 g/mol. The number of nitrogens with zero attached hydrogens (tertiary/aromatic N) is 1. The molecule has 4 nitrogen and oxygen atoms in total. The van der Waals surface area contributed by atoms with Crippen molar-refractivity contribution in [2.24, 2.45) is 0 Å². The minimum Gasteiger partial charge on any atom is -0.502 e. The minimum atomic E-state index is -0.766. The van der Waals surface area contributed by atoms with E-state index < -0.39 is 17.6 Å². The molecule has 0 aromatic heterocycles. The van der Waals surface area contributed by atoms with Crippen LogP contribution in [0.1, 0.15) is 30.9 Å². The van der Waals surface area contributed by atoms with Crippen LogP contribution in [-0.2, 0) is 16.0 Å². The molecule has 0 aliphatic carbocycles. The van der Waals surface area contributed by atoms with Crippen molar-refractivity contribution in [1.82, 2.24) is 0 Å². The lowest BCUT2D eigenvalue weighted by molar-refractivity contribution is -0.121. The van der Waals surface area contributed by atoms with Gasteiger partial charge in [-0.1, -0.05) is 54.7 Å². The summed E-state index contributed by atoms with van der Waals surface area (Å²) in [6.07, 6.45) is 3.10. The van der Waals surface area contributed by atoms with Crippen molar-refractivity contribution in [2.75, 3.05) is 4.90 Å². The van der Waals surface area contributed by atoms with Gasteiger partial charge >= 0.3 is 5.91 Å². The van der Waals surface area contributed by atoms with Gasteiger partial charge in [0.15, 0.2) is 5.76 Å². The average molecular weight is 390 g/mol. The van der Waals surface area contributed by atoms with E-state index in [1.54, 1.807) is 18.2 Å². The molecule has 6 heteroatoms. The van der Waals surface area contributed by atoms with E-state index >= 15 is 0 Å². The summed E-state index contributed by atoms with van der Waals surface area (Å²) in [5.41, 5.74) is 1.69. The number of aliphatic hydroxyl groups excluding tert-OH is 1. The third-order valence-electron chi connectivity index (χ3n) is 4.27. The maximum Gasteiger partial charge on any atom is 0.301 e. The van der Waals surface area contributed by atoms with Gasteiger partial charge in [0.2, 0.25) is 0 Å². The van der Waals surface area contributed by atoms with Crippen LogP contribution in [0.2, 0.25) is 10.0 Å². The Bertz CT molecular complexity index is 904. The van der Waals surface area contributed by atoms with Crippen LogP contribution < -0.4 is 4.90 Å². The van der Waals surface area contributed by atoms with E-state index in [9.17, 15) is 14.7 Å². The molecule has 2 aromatic carbocycles. The zero-order valence-electron chi connectivity index (χ0n) is 14.1. The lowest BCUT2D eigenvalue weighted by Gasteiger charge is -2.15. The molecular formula is C20H17Cl2NO3. The summed E-state index contributed by atoms with van der Waals surface area (Å²) in [7, 11) is 0. The summed E-state index contributed by atoms with van der Waals surface area (Å²) in [6, 6.07) is 11.7. The summed E-state index contributed by atoms with van der Waals surface area (Å²) >= 11 is 12.0. The normalized spacial score (nSPS) is 14.5. The molecule has 26 heavy (non-hydrogen) atoms. The van der Waals surface area contributed by atoms with Crippen LogP contribution in [-0.4, -0.2) is 16.9 Å². The van der Waals surface area contributed by atoms with E-state index in [0.717, 1.165) is 29.7 Å². The fourth-order valence-corrected chi connectivity index (χ4v) is 3.38. The number of hydrogen-bond donors (Lipinski definition) is 1. The summed E-state index contributed by atoms with van der Waals surface area (Å²) in [6.45, 7) is 2.12. The first-order chi connectivity index (χ1) is 12.4. The fraction of sp³-hybridized carbons (Fsp3) is 0.200. The summed E-state index contributed by atoms with van der Waals surface area (Å²) in [5, 5.41) is 10.8. The summed E-state index contributed by atoms with van der Waals surface area (Å²) < 4.78 is 0. The highest BCUT2D eigenvalue weighted by Gasteiger charge is 2.40. The monoisotopic (exact) mass is 389 g/mol. The number of rotatable bonds is 5. The number of carbonyl (C=O) groups is 2. The largest absolute Gasteiger partial charge is 0.502 e. The van der Waals surface area contributed by atoms with Crippen LogP contribution >= 0.6 is 23.2 Å². The number of halogens is 2. The maximum absolute atomic E-state index is 12.8. The standard InChI is InChI=1S/C20H17Cl2NO3/c1-2-3-4-12-5-8-14(9-6-12)23-19(25)17(18(24)20(23)26)15-10-7-13(21)11-16(15)22/h5-11,24H,2-4H2,1H3. The van der Waals surface area contributed by atoms with E-state index in [1.165, 1.54) is 12.1 Å². The van der Waals surface area contributed by atoms with Gasteiger partial charge in [-0.3, -0.25) is 9.59 Å². The number of benzene rings is 2. The van der Waals surface area contributed by atoms with Crippen LogP contribution in [0.15, 0.2) is 48.2 Å². The van der Waals surface area contributed by atoms with Gasteiger partial charge in [0.1, 0.15) is 0 Å². The fourth-order valence-electron chi connectivity index (χ4n) is 2.88. The summed E-state index contributed by atoms with van der Waals surface area (Å²) in [5.74, 6) is -2.00. The van der Waals surface area contributed by atoms with Crippen LogP contribution in [0.25, 0.3) is 5.57 Å². The Hall–Kier alpha value is -2.30. The van der Waals surface area contributed by atoms with Crippen LogP contribution in [0, 0.1) is 0 Å². The molecule has 0 saturated carbocycles. The second-order valence-electron chi connectivity index (χ2n) is 6.06. The van der Waals surface area contributed by atoms with Crippen molar-refractivity contribution in [3.05, 3.63) is 69.4 Å². The number of aryl methyl sites for hydroxylation is 1. The molecule has 1 N–H and O–H groups in total. The first-order valence-electron chi connectivity index (χ1n) is 8.30. The Morgan fingerprint density at radius 1 is 1.00 bits per heavy atom. The van der Waals surface area contributed by atoms with Crippen molar-refractivity contribution in [3.8, 4) is 0 Å². The lowest BCUT2D eigenvalue weighted by Crippen LogP contribution is -2.31. The third-order valence-corrected chi connectivity index (χ3v) is 4.82. The Balaban J connectivity index is 1.93. The average Bonchev–Trinajstić information content (AvgIpc) is 2.84.